The van der Waals surface area contributed by atoms with E-state index in [4.69, 9.17) is 0 Å². The van der Waals surface area contributed by atoms with Crippen LogP contribution in [-0.4, -0.2) is 12.1 Å². The molecule has 0 bridgehead atoms. The molecule has 0 saturated heterocycles. The van der Waals surface area contributed by atoms with E-state index < -0.39 is 0 Å². The second-order valence-corrected chi connectivity index (χ2v) is 7.29. The molecule has 0 atom stereocenters. The maximum Gasteiger partial charge on any atom is 0.137 e. The summed E-state index contributed by atoms with van der Waals surface area (Å²) in [6.07, 6.45) is 3.42. The molecule has 1 nitrogen and oxygen atoms in total. The summed E-state index contributed by atoms with van der Waals surface area (Å²) in [6.45, 7) is 7.56. The zero-order valence-electron chi connectivity index (χ0n) is 11.3. The number of rotatable bonds is 4. The summed E-state index contributed by atoms with van der Waals surface area (Å²) >= 11 is 3.36. The van der Waals surface area contributed by atoms with Gasteiger partial charge in [-0.3, -0.25) is 0 Å². The molecular formula is C15H21BrFN. The third kappa shape index (κ3) is 3.55. The van der Waals surface area contributed by atoms with E-state index in [0.717, 1.165) is 18.5 Å². The second-order valence-electron chi connectivity index (χ2n) is 6.49. The van der Waals surface area contributed by atoms with Crippen molar-refractivity contribution in [2.24, 2.45) is 5.41 Å². The van der Waals surface area contributed by atoms with E-state index in [2.05, 4.69) is 42.0 Å². The molecule has 0 spiro atoms. The topological polar surface area (TPSA) is 12.0 Å². The van der Waals surface area contributed by atoms with Crippen molar-refractivity contribution in [2.45, 2.75) is 45.6 Å². The fourth-order valence-corrected chi connectivity index (χ4v) is 2.54. The van der Waals surface area contributed by atoms with Crippen LogP contribution in [0, 0.1) is 11.2 Å². The molecule has 1 aliphatic rings. The SMILES string of the molecule is CC(C)(C)NCC1(Cc2cccc(F)c2Br)CC1. The highest BCUT2D eigenvalue weighted by Crippen LogP contribution is 2.49. The lowest BCUT2D eigenvalue weighted by molar-refractivity contribution is 0.355. The van der Waals surface area contributed by atoms with Crippen molar-refractivity contribution in [3.8, 4) is 0 Å². The van der Waals surface area contributed by atoms with Gasteiger partial charge in [0.2, 0.25) is 0 Å². The average molecular weight is 314 g/mol. The Morgan fingerprint density at radius 3 is 2.56 bits per heavy atom. The minimum absolute atomic E-state index is 0.148. The first kappa shape index (κ1) is 14.0. The summed E-state index contributed by atoms with van der Waals surface area (Å²) in [4.78, 5) is 0. The second kappa shape index (κ2) is 4.93. The molecule has 100 valence electrons. The highest BCUT2D eigenvalue weighted by molar-refractivity contribution is 9.10. The fraction of sp³-hybridized carbons (Fsp3) is 0.600. The molecule has 0 radical (unpaired) electrons. The molecular weight excluding hydrogens is 293 g/mol. The third-order valence-electron chi connectivity index (χ3n) is 3.55. The Kier molecular flexibility index (Phi) is 3.84. The van der Waals surface area contributed by atoms with Gasteiger partial charge in [-0.15, -0.1) is 0 Å². The van der Waals surface area contributed by atoms with Crippen LogP contribution in [-0.2, 0) is 6.42 Å². The van der Waals surface area contributed by atoms with Crippen molar-refractivity contribution in [2.75, 3.05) is 6.54 Å². The van der Waals surface area contributed by atoms with Gasteiger partial charge in [0.15, 0.2) is 0 Å². The van der Waals surface area contributed by atoms with E-state index in [1.807, 2.05) is 6.07 Å². The Balaban J connectivity index is 2.03. The van der Waals surface area contributed by atoms with Gasteiger partial charge in [-0.2, -0.15) is 0 Å². The highest BCUT2D eigenvalue weighted by Gasteiger charge is 2.43. The quantitative estimate of drug-likeness (QED) is 0.874. The first-order valence-electron chi connectivity index (χ1n) is 6.49. The molecule has 0 unspecified atom stereocenters. The van der Waals surface area contributed by atoms with Crippen LogP contribution in [0.1, 0.15) is 39.2 Å². The third-order valence-corrected chi connectivity index (χ3v) is 4.44. The molecule has 0 amide bonds. The van der Waals surface area contributed by atoms with Crippen LogP contribution >= 0.6 is 15.9 Å². The standard InChI is InChI=1S/C15H21BrFN/c1-14(2,3)18-10-15(7-8-15)9-11-5-4-6-12(17)13(11)16/h4-6,18H,7-10H2,1-3H3. The Morgan fingerprint density at radius 1 is 1.33 bits per heavy atom. The van der Waals surface area contributed by atoms with Crippen molar-refractivity contribution < 1.29 is 4.39 Å². The van der Waals surface area contributed by atoms with Gasteiger partial charge in [0.25, 0.3) is 0 Å². The summed E-state index contributed by atoms with van der Waals surface area (Å²) < 4.78 is 14.1. The summed E-state index contributed by atoms with van der Waals surface area (Å²) in [7, 11) is 0. The first-order chi connectivity index (χ1) is 8.31. The van der Waals surface area contributed by atoms with Gasteiger partial charge in [-0.25, -0.2) is 4.39 Å². The van der Waals surface area contributed by atoms with Gasteiger partial charge in [0.1, 0.15) is 5.82 Å². The summed E-state index contributed by atoms with van der Waals surface area (Å²) in [6, 6.07) is 5.31. The summed E-state index contributed by atoms with van der Waals surface area (Å²) in [5.41, 5.74) is 1.57. The van der Waals surface area contributed by atoms with Gasteiger partial charge in [-0.1, -0.05) is 12.1 Å². The average Bonchev–Trinajstić information content (AvgIpc) is 3.02. The normalized spacial score (nSPS) is 17.8. The fourth-order valence-electron chi connectivity index (χ4n) is 2.13. The van der Waals surface area contributed by atoms with Crippen LogP contribution in [0.25, 0.3) is 0 Å². The van der Waals surface area contributed by atoms with Crippen LogP contribution in [0.3, 0.4) is 0 Å². The van der Waals surface area contributed by atoms with Crippen molar-refractivity contribution in [1.82, 2.24) is 5.32 Å². The van der Waals surface area contributed by atoms with Gasteiger partial charge in [-0.05, 0) is 73.0 Å². The lowest BCUT2D eigenvalue weighted by Gasteiger charge is -2.25. The van der Waals surface area contributed by atoms with Crippen molar-refractivity contribution >= 4 is 15.9 Å². The number of benzene rings is 1. The minimum atomic E-state index is -0.160. The molecule has 1 aromatic carbocycles. The number of halogens is 2. The maximum absolute atomic E-state index is 13.5. The summed E-state index contributed by atoms with van der Waals surface area (Å²) in [5.74, 6) is -0.160. The molecule has 18 heavy (non-hydrogen) atoms. The van der Waals surface area contributed by atoms with Crippen LogP contribution in [0.4, 0.5) is 4.39 Å². The monoisotopic (exact) mass is 313 g/mol. The van der Waals surface area contributed by atoms with Gasteiger partial charge in [0, 0.05) is 12.1 Å². The molecule has 0 heterocycles. The van der Waals surface area contributed by atoms with Crippen molar-refractivity contribution in [3.05, 3.63) is 34.1 Å². The van der Waals surface area contributed by atoms with Crippen LogP contribution in [0.15, 0.2) is 22.7 Å². The van der Waals surface area contributed by atoms with Gasteiger partial charge < -0.3 is 5.32 Å². The predicted molar refractivity (Wildman–Crippen MR) is 77.2 cm³/mol. The van der Waals surface area contributed by atoms with E-state index in [0.29, 0.717) is 9.89 Å². The van der Waals surface area contributed by atoms with Crippen LogP contribution in [0.2, 0.25) is 0 Å². The van der Waals surface area contributed by atoms with Crippen LogP contribution in [0.5, 0.6) is 0 Å². The number of hydrogen-bond acceptors (Lipinski definition) is 1. The Morgan fingerprint density at radius 2 is 2.00 bits per heavy atom. The van der Waals surface area contributed by atoms with E-state index in [9.17, 15) is 4.39 Å². The van der Waals surface area contributed by atoms with E-state index in [1.165, 1.54) is 18.9 Å². The molecule has 1 aromatic rings. The predicted octanol–water partition coefficient (Wildman–Crippen LogP) is 4.30. The molecule has 1 N–H and O–H groups in total. The van der Waals surface area contributed by atoms with Crippen LogP contribution < -0.4 is 5.32 Å². The zero-order valence-corrected chi connectivity index (χ0v) is 12.9. The summed E-state index contributed by atoms with van der Waals surface area (Å²) in [5, 5.41) is 3.57. The molecule has 0 aliphatic heterocycles. The van der Waals surface area contributed by atoms with Crippen molar-refractivity contribution in [1.29, 1.82) is 0 Å². The zero-order chi connectivity index (χ0) is 13.4. The lowest BCUT2D eigenvalue weighted by atomic mass is 9.95. The smallest absolute Gasteiger partial charge is 0.137 e. The lowest BCUT2D eigenvalue weighted by Crippen LogP contribution is -2.40. The van der Waals surface area contributed by atoms with Crippen molar-refractivity contribution in [3.63, 3.8) is 0 Å². The van der Waals surface area contributed by atoms with E-state index in [1.54, 1.807) is 6.07 Å². The number of hydrogen-bond donors (Lipinski definition) is 1. The largest absolute Gasteiger partial charge is 0.312 e. The van der Waals surface area contributed by atoms with Gasteiger partial charge in [0.05, 0.1) is 4.47 Å². The van der Waals surface area contributed by atoms with E-state index in [-0.39, 0.29) is 11.4 Å². The maximum atomic E-state index is 13.5. The van der Waals surface area contributed by atoms with Gasteiger partial charge >= 0.3 is 0 Å². The highest BCUT2D eigenvalue weighted by atomic mass is 79.9. The Bertz CT molecular complexity index is 433. The molecule has 2 rings (SSSR count). The Labute approximate surface area is 117 Å². The molecule has 1 fully saturated rings. The first-order valence-corrected chi connectivity index (χ1v) is 7.29. The molecule has 0 aromatic heterocycles. The molecule has 1 aliphatic carbocycles. The van der Waals surface area contributed by atoms with E-state index >= 15 is 0 Å². The minimum Gasteiger partial charge on any atom is -0.312 e. The molecule has 1 saturated carbocycles. The molecule has 3 heteroatoms. The Hall–Kier alpha value is -0.410. The number of nitrogens with one attached hydrogen (secondary N) is 1.